The second kappa shape index (κ2) is 8.12. The van der Waals surface area contributed by atoms with Crippen LogP contribution in [-0.2, 0) is 12.2 Å². The van der Waals surface area contributed by atoms with E-state index in [1.54, 1.807) is 36.0 Å². The van der Waals surface area contributed by atoms with Crippen LogP contribution in [0.2, 0.25) is 0 Å². The maximum atomic E-state index is 13.8. The van der Waals surface area contributed by atoms with Crippen molar-refractivity contribution in [2.24, 2.45) is 0 Å². The van der Waals surface area contributed by atoms with E-state index >= 15 is 0 Å². The van der Waals surface area contributed by atoms with Gasteiger partial charge in [0.05, 0.1) is 0 Å². The Bertz CT molecular complexity index is 870. The second-order valence-electron chi connectivity index (χ2n) is 5.64. The van der Waals surface area contributed by atoms with Gasteiger partial charge in [0, 0.05) is 17.5 Å². The summed E-state index contributed by atoms with van der Waals surface area (Å²) in [4.78, 5) is 8.95. The fraction of sp³-hybridized carbons (Fsp3) is 0.200. The summed E-state index contributed by atoms with van der Waals surface area (Å²) >= 11 is 1.54. The van der Waals surface area contributed by atoms with Gasteiger partial charge < -0.3 is 4.74 Å². The normalized spacial score (nSPS) is 10.7. The molecule has 0 bridgehead atoms. The maximum absolute atomic E-state index is 13.8. The molecule has 0 aliphatic rings. The molecule has 0 aliphatic heterocycles. The number of hydrogen-bond acceptors (Lipinski definition) is 4. The molecule has 0 unspecified atom stereocenters. The van der Waals surface area contributed by atoms with Crippen molar-refractivity contribution in [3.05, 3.63) is 77.2 Å². The standard InChI is InChI=1S/C20H19FN2OS/c1-3-16-12-19(24-18-10-5-4-9-17(18)21)23-20(22-16)25-13-15-8-6-7-14(2)11-15/h4-12H,3,13H2,1-2H3. The number of ether oxygens (including phenoxy) is 1. The fourth-order valence-electron chi connectivity index (χ4n) is 2.34. The van der Waals surface area contributed by atoms with Gasteiger partial charge in [-0.15, -0.1) is 0 Å². The van der Waals surface area contributed by atoms with E-state index in [4.69, 9.17) is 4.74 Å². The van der Waals surface area contributed by atoms with Gasteiger partial charge in [-0.2, -0.15) is 4.98 Å². The highest BCUT2D eigenvalue weighted by Gasteiger charge is 2.09. The average Bonchev–Trinajstić information content (AvgIpc) is 2.62. The Hall–Kier alpha value is -2.40. The number of aromatic nitrogens is 2. The number of thioether (sulfide) groups is 1. The molecule has 0 spiro atoms. The van der Waals surface area contributed by atoms with Crippen molar-refractivity contribution < 1.29 is 9.13 Å². The first kappa shape index (κ1) is 17.4. The molecule has 0 saturated heterocycles. The minimum absolute atomic E-state index is 0.165. The Morgan fingerprint density at radius 2 is 1.88 bits per heavy atom. The van der Waals surface area contributed by atoms with Gasteiger partial charge >= 0.3 is 0 Å². The van der Waals surface area contributed by atoms with Crippen molar-refractivity contribution in [3.8, 4) is 11.6 Å². The lowest BCUT2D eigenvalue weighted by molar-refractivity contribution is 0.421. The van der Waals surface area contributed by atoms with Gasteiger partial charge in [-0.3, -0.25) is 0 Å². The van der Waals surface area contributed by atoms with Crippen LogP contribution in [0.4, 0.5) is 4.39 Å². The van der Waals surface area contributed by atoms with Crippen LogP contribution in [0, 0.1) is 12.7 Å². The quantitative estimate of drug-likeness (QED) is 0.428. The van der Waals surface area contributed by atoms with Gasteiger partial charge in [-0.25, -0.2) is 9.37 Å². The molecule has 0 atom stereocenters. The van der Waals surface area contributed by atoms with Crippen molar-refractivity contribution in [2.75, 3.05) is 0 Å². The summed E-state index contributed by atoms with van der Waals surface area (Å²) in [6.07, 6.45) is 0.758. The van der Waals surface area contributed by atoms with Gasteiger partial charge in [0.2, 0.25) is 5.88 Å². The Kier molecular flexibility index (Phi) is 5.66. The summed E-state index contributed by atoms with van der Waals surface area (Å²) in [7, 11) is 0. The lowest BCUT2D eigenvalue weighted by atomic mass is 10.2. The first-order valence-electron chi connectivity index (χ1n) is 8.12. The molecule has 3 rings (SSSR count). The number of para-hydroxylation sites is 1. The smallest absolute Gasteiger partial charge is 0.223 e. The lowest BCUT2D eigenvalue weighted by Crippen LogP contribution is -1.98. The number of nitrogens with zero attached hydrogens (tertiary/aromatic N) is 2. The molecule has 0 radical (unpaired) electrons. The first-order valence-corrected chi connectivity index (χ1v) is 9.11. The predicted molar refractivity (Wildman–Crippen MR) is 98.6 cm³/mol. The monoisotopic (exact) mass is 354 g/mol. The van der Waals surface area contributed by atoms with E-state index in [0.717, 1.165) is 17.9 Å². The summed E-state index contributed by atoms with van der Waals surface area (Å²) in [6, 6.07) is 16.4. The highest BCUT2D eigenvalue weighted by molar-refractivity contribution is 7.98. The molecule has 128 valence electrons. The van der Waals surface area contributed by atoms with Crippen LogP contribution in [0.15, 0.2) is 59.8 Å². The zero-order valence-corrected chi connectivity index (χ0v) is 15.0. The molecule has 0 N–H and O–H groups in total. The summed E-state index contributed by atoms with van der Waals surface area (Å²) in [6.45, 7) is 4.09. The van der Waals surface area contributed by atoms with Crippen molar-refractivity contribution in [1.29, 1.82) is 0 Å². The molecule has 3 nitrogen and oxygen atoms in total. The molecule has 5 heteroatoms. The number of hydrogen-bond donors (Lipinski definition) is 0. The van der Waals surface area contributed by atoms with Gasteiger partial charge in [0.25, 0.3) is 0 Å². The Morgan fingerprint density at radius 1 is 1.04 bits per heavy atom. The van der Waals surface area contributed by atoms with Crippen LogP contribution in [-0.4, -0.2) is 9.97 Å². The molecular weight excluding hydrogens is 335 g/mol. The number of benzene rings is 2. The molecule has 0 fully saturated rings. The van der Waals surface area contributed by atoms with E-state index in [1.165, 1.54) is 17.2 Å². The zero-order valence-electron chi connectivity index (χ0n) is 14.2. The molecular formula is C20H19FN2OS. The van der Waals surface area contributed by atoms with Gasteiger partial charge in [-0.05, 0) is 31.0 Å². The van der Waals surface area contributed by atoms with E-state index in [1.807, 2.05) is 13.0 Å². The van der Waals surface area contributed by atoms with E-state index < -0.39 is 5.82 Å². The maximum Gasteiger partial charge on any atom is 0.223 e. The minimum Gasteiger partial charge on any atom is -0.436 e. The average molecular weight is 354 g/mol. The molecule has 1 heterocycles. The predicted octanol–water partition coefficient (Wildman–Crippen LogP) is 5.57. The summed E-state index contributed by atoms with van der Waals surface area (Å²) in [5, 5.41) is 0.632. The van der Waals surface area contributed by atoms with Crippen LogP contribution in [0.25, 0.3) is 0 Å². The van der Waals surface area contributed by atoms with Crippen molar-refractivity contribution in [1.82, 2.24) is 9.97 Å². The third-order valence-electron chi connectivity index (χ3n) is 3.60. The topological polar surface area (TPSA) is 35.0 Å². The van der Waals surface area contributed by atoms with Crippen LogP contribution >= 0.6 is 11.8 Å². The Morgan fingerprint density at radius 3 is 2.64 bits per heavy atom. The lowest BCUT2D eigenvalue weighted by Gasteiger charge is -2.09. The number of rotatable bonds is 6. The molecule has 3 aromatic rings. The van der Waals surface area contributed by atoms with Crippen molar-refractivity contribution >= 4 is 11.8 Å². The molecule has 0 saturated carbocycles. The van der Waals surface area contributed by atoms with Crippen molar-refractivity contribution in [3.63, 3.8) is 0 Å². The van der Waals surface area contributed by atoms with E-state index in [-0.39, 0.29) is 5.75 Å². The third kappa shape index (κ3) is 4.79. The van der Waals surface area contributed by atoms with E-state index in [9.17, 15) is 4.39 Å². The van der Waals surface area contributed by atoms with Crippen LogP contribution in [0.5, 0.6) is 11.6 Å². The molecule has 2 aromatic carbocycles. The molecule has 0 aliphatic carbocycles. The largest absolute Gasteiger partial charge is 0.436 e. The SMILES string of the molecule is CCc1cc(Oc2ccccc2F)nc(SCc2cccc(C)c2)n1. The highest BCUT2D eigenvalue weighted by Crippen LogP contribution is 2.27. The first-order chi connectivity index (χ1) is 12.1. The molecule has 25 heavy (non-hydrogen) atoms. The second-order valence-corrected chi connectivity index (χ2v) is 6.59. The third-order valence-corrected chi connectivity index (χ3v) is 4.52. The fourth-order valence-corrected chi connectivity index (χ4v) is 3.15. The number of halogens is 1. The van der Waals surface area contributed by atoms with Gasteiger partial charge in [0.15, 0.2) is 16.7 Å². The van der Waals surface area contributed by atoms with Gasteiger partial charge in [-0.1, -0.05) is 60.6 Å². The minimum atomic E-state index is -0.409. The Labute approximate surface area is 151 Å². The van der Waals surface area contributed by atoms with E-state index in [0.29, 0.717) is 11.0 Å². The van der Waals surface area contributed by atoms with E-state index in [2.05, 4.69) is 35.1 Å². The summed E-state index contributed by atoms with van der Waals surface area (Å²) in [5.74, 6) is 0.892. The van der Waals surface area contributed by atoms with Crippen LogP contribution in [0.3, 0.4) is 0 Å². The summed E-state index contributed by atoms with van der Waals surface area (Å²) < 4.78 is 19.4. The van der Waals surface area contributed by atoms with Crippen LogP contribution < -0.4 is 4.74 Å². The molecule has 0 amide bonds. The zero-order chi connectivity index (χ0) is 17.6. The molecule has 1 aromatic heterocycles. The van der Waals surface area contributed by atoms with Gasteiger partial charge in [0.1, 0.15) is 0 Å². The Balaban J connectivity index is 1.79. The van der Waals surface area contributed by atoms with Crippen LogP contribution in [0.1, 0.15) is 23.7 Å². The number of aryl methyl sites for hydroxylation is 2. The van der Waals surface area contributed by atoms with Crippen molar-refractivity contribution in [2.45, 2.75) is 31.2 Å². The summed E-state index contributed by atoms with van der Waals surface area (Å²) in [5.41, 5.74) is 3.31. The highest BCUT2D eigenvalue weighted by atomic mass is 32.2.